The number of nitrogens with one attached hydrogen (secondary N) is 1. The number of rotatable bonds is 9. The summed E-state index contributed by atoms with van der Waals surface area (Å²) in [6.07, 6.45) is 2.08. The van der Waals surface area contributed by atoms with Crippen LogP contribution in [-0.2, 0) is 14.3 Å². The summed E-state index contributed by atoms with van der Waals surface area (Å²) in [7, 11) is 0. The summed E-state index contributed by atoms with van der Waals surface area (Å²) in [4.78, 5) is 38.2. The highest BCUT2D eigenvalue weighted by Crippen LogP contribution is 2.44. The molecule has 1 aliphatic heterocycles. The van der Waals surface area contributed by atoms with Gasteiger partial charge in [-0.3, -0.25) is 9.59 Å². The number of carbonyl (C=O) groups excluding carboxylic acids is 2. The number of amides is 2. The van der Waals surface area contributed by atoms with E-state index >= 15 is 0 Å². The standard InChI is InChI=1S/C28H34N2O5/c1-28(2,16-25(31)30-15-7-8-19(30)13-14-26(32)33)18-29-27(34)35-17-24-22-11-5-3-9-20(22)21-10-4-6-12-23(21)24/h3-6,9-12,19,24H,7-8,13-18H2,1-2H3,(H,29,34)(H,32,33). The molecule has 35 heavy (non-hydrogen) atoms. The van der Waals surface area contributed by atoms with Crippen LogP contribution >= 0.6 is 0 Å². The molecule has 1 unspecified atom stereocenters. The second-order valence-electron chi connectivity index (χ2n) is 10.3. The van der Waals surface area contributed by atoms with E-state index in [-0.39, 0.29) is 37.3 Å². The molecule has 2 N–H and O–H groups in total. The van der Waals surface area contributed by atoms with Crippen molar-refractivity contribution in [2.75, 3.05) is 19.7 Å². The summed E-state index contributed by atoms with van der Waals surface area (Å²) < 4.78 is 5.61. The number of benzene rings is 2. The summed E-state index contributed by atoms with van der Waals surface area (Å²) in [5.41, 5.74) is 4.23. The molecule has 2 amide bonds. The van der Waals surface area contributed by atoms with Gasteiger partial charge in [0.1, 0.15) is 6.61 Å². The van der Waals surface area contributed by atoms with Crippen LogP contribution in [0.25, 0.3) is 11.1 Å². The monoisotopic (exact) mass is 478 g/mol. The molecule has 2 aromatic carbocycles. The smallest absolute Gasteiger partial charge is 0.407 e. The van der Waals surface area contributed by atoms with E-state index < -0.39 is 17.5 Å². The van der Waals surface area contributed by atoms with Crippen molar-refractivity contribution in [2.24, 2.45) is 5.41 Å². The Morgan fingerprint density at radius 2 is 1.69 bits per heavy atom. The average Bonchev–Trinajstić information content (AvgIpc) is 3.43. The van der Waals surface area contributed by atoms with Gasteiger partial charge >= 0.3 is 12.1 Å². The van der Waals surface area contributed by atoms with Crippen molar-refractivity contribution < 1.29 is 24.2 Å². The topological polar surface area (TPSA) is 95.9 Å². The number of ether oxygens (including phenoxy) is 1. The largest absolute Gasteiger partial charge is 0.481 e. The lowest BCUT2D eigenvalue weighted by atomic mass is 9.88. The Labute approximate surface area is 206 Å². The Morgan fingerprint density at radius 3 is 2.31 bits per heavy atom. The average molecular weight is 479 g/mol. The highest BCUT2D eigenvalue weighted by molar-refractivity contribution is 5.79. The minimum Gasteiger partial charge on any atom is -0.481 e. The number of hydrogen-bond donors (Lipinski definition) is 2. The molecule has 1 atom stereocenters. The lowest BCUT2D eigenvalue weighted by Crippen LogP contribution is -2.41. The van der Waals surface area contributed by atoms with Gasteiger partial charge in [-0.1, -0.05) is 62.4 Å². The van der Waals surface area contributed by atoms with Crippen molar-refractivity contribution in [1.29, 1.82) is 0 Å². The van der Waals surface area contributed by atoms with Crippen molar-refractivity contribution in [2.45, 2.75) is 57.9 Å². The summed E-state index contributed by atoms with van der Waals surface area (Å²) in [6.45, 7) is 5.11. The lowest BCUT2D eigenvalue weighted by molar-refractivity contribution is -0.139. The number of fused-ring (bicyclic) bond motifs is 3. The maximum Gasteiger partial charge on any atom is 0.407 e. The van der Waals surface area contributed by atoms with Crippen LogP contribution in [0.1, 0.15) is 63.0 Å². The fourth-order valence-electron chi connectivity index (χ4n) is 5.29. The fourth-order valence-corrected chi connectivity index (χ4v) is 5.29. The van der Waals surface area contributed by atoms with E-state index in [2.05, 4.69) is 29.6 Å². The van der Waals surface area contributed by atoms with Crippen molar-refractivity contribution in [3.63, 3.8) is 0 Å². The van der Waals surface area contributed by atoms with Gasteiger partial charge in [0.05, 0.1) is 0 Å². The van der Waals surface area contributed by atoms with Gasteiger partial charge in [-0.2, -0.15) is 0 Å². The third-order valence-electron chi connectivity index (χ3n) is 7.07. The second-order valence-corrected chi connectivity index (χ2v) is 10.3. The van der Waals surface area contributed by atoms with E-state index in [9.17, 15) is 14.4 Å². The number of nitrogens with zero attached hydrogens (tertiary/aromatic N) is 1. The van der Waals surface area contributed by atoms with Crippen molar-refractivity contribution in [3.05, 3.63) is 59.7 Å². The lowest BCUT2D eigenvalue weighted by Gasteiger charge is -2.30. The van der Waals surface area contributed by atoms with Gasteiger partial charge < -0.3 is 20.1 Å². The maximum atomic E-state index is 12.9. The number of hydrogen-bond acceptors (Lipinski definition) is 4. The van der Waals surface area contributed by atoms with Crippen molar-refractivity contribution in [1.82, 2.24) is 10.2 Å². The molecular weight excluding hydrogens is 444 g/mol. The van der Waals surface area contributed by atoms with Gasteiger partial charge in [0.15, 0.2) is 0 Å². The molecule has 1 aliphatic carbocycles. The minimum absolute atomic E-state index is 0.000593. The zero-order chi connectivity index (χ0) is 25.0. The zero-order valence-electron chi connectivity index (χ0n) is 20.5. The number of carbonyl (C=O) groups is 3. The Kier molecular flexibility index (Phi) is 7.43. The quantitative estimate of drug-likeness (QED) is 0.540. The SMILES string of the molecule is CC(C)(CNC(=O)OCC1c2ccccc2-c2ccccc21)CC(=O)N1CCCC1CCC(=O)O. The molecule has 0 spiro atoms. The highest BCUT2D eigenvalue weighted by atomic mass is 16.5. The molecule has 7 heteroatoms. The number of alkyl carbamates (subject to hydrolysis) is 1. The third-order valence-corrected chi connectivity index (χ3v) is 7.07. The zero-order valence-corrected chi connectivity index (χ0v) is 20.5. The van der Waals surface area contributed by atoms with Gasteiger partial charge in [0.25, 0.3) is 0 Å². The Hall–Kier alpha value is -3.35. The first-order chi connectivity index (χ1) is 16.7. The van der Waals surface area contributed by atoms with Crippen molar-refractivity contribution in [3.8, 4) is 11.1 Å². The van der Waals surface area contributed by atoms with Crippen molar-refractivity contribution >= 4 is 18.0 Å². The van der Waals surface area contributed by atoms with Crippen LogP contribution in [-0.4, -0.2) is 53.7 Å². The molecule has 0 aromatic heterocycles. The molecule has 1 fully saturated rings. The normalized spacial score (nSPS) is 17.1. The molecule has 7 nitrogen and oxygen atoms in total. The van der Waals surface area contributed by atoms with Crippen LogP contribution in [0.4, 0.5) is 4.79 Å². The Balaban J connectivity index is 1.28. The van der Waals surface area contributed by atoms with Crippen LogP contribution in [0.5, 0.6) is 0 Å². The number of likely N-dealkylation sites (tertiary alicyclic amines) is 1. The van der Waals surface area contributed by atoms with E-state index in [1.165, 1.54) is 11.1 Å². The number of carboxylic acids is 1. The Bertz CT molecular complexity index is 1050. The molecule has 186 valence electrons. The van der Waals surface area contributed by atoms with Gasteiger partial charge in [0.2, 0.25) is 5.91 Å². The fraction of sp³-hybridized carbons (Fsp3) is 0.464. The van der Waals surface area contributed by atoms with E-state index in [1.54, 1.807) is 0 Å². The van der Waals surface area contributed by atoms with Gasteiger partial charge in [-0.25, -0.2) is 4.79 Å². The predicted molar refractivity (Wildman–Crippen MR) is 133 cm³/mol. The summed E-state index contributed by atoms with van der Waals surface area (Å²) in [5, 5.41) is 11.8. The van der Waals surface area contributed by atoms with Crippen LogP contribution < -0.4 is 5.32 Å². The Morgan fingerprint density at radius 1 is 1.06 bits per heavy atom. The van der Waals surface area contributed by atoms with E-state index in [1.807, 2.05) is 43.0 Å². The first-order valence-electron chi connectivity index (χ1n) is 12.4. The molecule has 4 rings (SSSR count). The van der Waals surface area contributed by atoms with Crippen LogP contribution in [0, 0.1) is 5.41 Å². The third kappa shape index (κ3) is 5.84. The molecule has 1 heterocycles. The maximum absolute atomic E-state index is 12.9. The molecule has 0 bridgehead atoms. The molecule has 1 saturated heterocycles. The second kappa shape index (κ2) is 10.5. The predicted octanol–water partition coefficient (Wildman–Crippen LogP) is 4.80. The van der Waals surface area contributed by atoms with Crippen LogP contribution in [0.3, 0.4) is 0 Å². The summed E-state index contributed by atoms with van der Waals surface area (Å²) in [5.74, 6) is -0.824. The van der Waals surface area contributed by atoms with Gasteiger partial charge in [-0.15, -0.1) is 0 Å². The molecular formula is C28H34N2O5. The molecule has 2 aliphatic rings. The first-order valence-corrected chi connectivity index (χ1v) is 12.4. The first kappa shape index (κ1) is 24.8. The van der Waals surface area contributed by atoms with Crippen LogP contribution in [0.2, 0.25) is 0 Å². The van der Waals surface area contributed by atoms with Gasteiger partial charge in [0, 0.05) is 37.9 Å². The number of aliphatic carboxylic acids is 1. The highest BCUT2D eigenvalue weighted by Gasteiger charge is 2.33. The molecule has 0 radical (unpaired) electrons. The number of carboxylic acid groups (broad SMARTS) is 1. The van der Waals surface area contributed by atoms with Crippen LogP contribution in [0.15, 0.2) is 48.5 Å². The van der Waals surface area contributed by atoms with E-state index in [4.69, 9.17) is 9.84 Å². The minimum atomic E-state index is -0.836. The van der Waals surface area contributed by atoms with Gasteiger partial charge in [-0.05, 0) is 46.9 Å². The summed E-state index contributed by atoms with van der Waals surface area (Å²) >= 11 is 0. The summed E-state index contributed by atoms with van der Waals surface area (Å²) in [6, 6.07) is 16.4. The van der Waals surface area contributed by atoms with E-state index in [0.717, 1.165) is 24.0 Å². The van der Waals surface area contributed by atoms with E-state index in [0.29, 0.717) is 19.5 Å². The molecule has 0 saturated carbocycles. The molecule has 2 aromatic rings.